The maximum Gasteiger partial charge on any atom is 0.335 e. The Balaban J connectivity index is 2.97. The molecule has 0 saturated heterocycles. The Kier molecular flexibility index (Phi) is 8.62. The van der Waals surface area contributed by atoms with E-state index in [1.165, 1.54) is 0 Å². The fourth-order valence-corrected chi connectivity index (χ4v) is 3.06. The molecule has 0 spiro atoms. The molecule has 130 valence electrons. The third-order valence-electron chi connectivity index (χ3n) is 4.38. The van der Waals surface area contributed by atoms with Crippen LogP contribution in [0.1, 0.15) is 65.2 Å². The summed E-state index contributed by atoms with van der Waals surface area (Å²) >= 11 is 0. The molecule has 23 heavy (non-hydrogen) atoms. The van der Waals surface area contributed by atoms with Crippen LogP contribution < -0.4 is 5.90 Å². The van der Waals surface area contributed by atoms with Crippen molar-refractivity contribution < 1.29 is 19.5 Å². The Morgan fingerprint density at radius 2 is 1.78 bits per heavy atom. The molecule has 5 heteroatoms. The first-order chi connectivity index (χ1) is 11.0. The van der Waals surface area contributed by atoms with E-state index >= 15 is 0 Å². The lowest BCUT2D eigenvalue weighted by molar-refractivity contribution is -0.148. The Morgan fingerprint density at radius 3 is 2.35 bits per heavy atom. The van der Waals surface area contributed by atoms with Crippen molar-refractivity contribution in [3.05, 3.63) is 23.3 Å². The first-order valence-corrected chi connectivity index (χ1v) is 8.61. The standard InChI is InChI=1S/C18H29NO4/c1-3-5-7-9-13-12-16(18(22)23-19)14(10-8-6-4-2)11-15(13)17(20)21/h11-12,14,16H,3-10,19H2,1-2H3,(H,20,21). The first-order valence-electron chi connectivity index (χ1n) is 8.61. The van der Waals surface area contributed by atoms with E-state index in [0.29, 0.717) is 12.0 Å². The van der Waals surface area contributed by atoms with Crippen LogP contribution in [0.4, 0.5) is 0 Å². The van der Waals surface area contributed by atoms with Gasteiger partial charge in [0.05, 0.1) is 11.5 Å². The van der Waals surface area contributed by atoms with Gasteiger partial charge in [0.2, 0.25) is 0 Å². The molecule has 0 saturated carbocycles. The topological polar surface area (TPSA) is 89.6 Å². The molecule has 5 nitrogen and oxygen atoms in total. The van der Waals surface area contributed by atoms with E-state index in [-0.39, 0.29) is 5.92 Å². The third-order valence-corrected chi connectivity index (χ3v) is 4.38. The molecule has 0 fully saturated rings. The van der Waals surface area contributed by atoms with Crippen LogP contribution in [0.25, 0.3) is 0 Å². The maximum absolute atomic E-state index is 12.0. The van der Waals surface area contributed by atoms with Gasteiger partial charge in [-0.2, -0.15) is 5.90 Å². The molecule has 0 bridgehead atoms. The highest BCUT2D eigenvalue weighted by atomic mass is 16.7. The predicted molar refractivity (Wildman–Crippen MR) is 89.3 cm³/mol. The summed E-state index contributed by atoms with van der Waals surface area (Å²) in [6, 6.07) is 0. The quantitative estimate of drug-likeness (QED) is 0.472. The van der Waals surface area contributed by atoms with Crippen LogP contribution in [0.15, 0.2) is 23.3 Å². The molecular formula is C18H29NO4. The molecule has 1 aliphatic rings. The van der Waals surface area contributed by atoms with Crippen molar-refractivity contribution >= 4 is 11.9 Å². The third kappa shape index (κ3) is 5.82. The number of hydrogen-bond acceptors (Lipinski definition) is 4. The van der Waals surface area contributed by atoms with Crippen LogP contribution in [0.5, 0.6) is 0 Å². The normalized spacial score (nSPS) is 20.7. The molecule has 0 radical (unpaired) electrons. The van der Waals surface area contributed by atoms with Gasteiger partial charge in [-0.3, -0.25) is 0 Å². The molecule has 0 aliphatic heterocycles. The van der Waals surface area contributed by atoms with Crippen LogP contribution in [-0.4, -0.2) is 17.0 Å². The van der Waals surface area contributed by atoms with Gasteiger partial charge in [-0.1, -0.05) is 58.1 Å². The van der Waals surface area contributed by atoms with E-state index in [4.69, 9.17) is 5.90 Å². The second-order valence-corrected chi connectivity index (χ2v) is 6.16. The zero-order valence-electron chi connectivity index (χ0n) is 14.2. The monoisotopic (exact) mass is 323 g/mol. The second kappa shape index (κ2) is 10.2. The highest BCUT2D eigenvalue weighted by Crippen LogP contribution is 2.34. The van der Waals surface area contributed by atoms with Crippen LogP contribution in [0.3, 0.4) is 0 Å². The molecule has 0 heterocycles. The molecule has 1 rings (SSSR count). The summed E-state index contributed by atoms with van der Waals surface area (Å²) in [5.41, 5.74) is 1.07. The minimum Gasteiger partial charge on any atom is -0.478 e. The lowest BCUT2D eigenvalue weighted by atomic mass is 9.78. The number of carbonyl (C=O) groups is 2. The van der Waals surface area contributed by atoms with E-state index in [9.17, 15) is 14.7 Å². The van der Waals surface area contributed by atoms with Gasteiger partial charge in [0.25, 0.3) is 0 Å². The maximum atomic E-state index is 12.0. The molecule has 1 aliphatic carbocycles. The number of carbonyl (C=O) groups excluding carboxylic acids is 1. The van der Waals surface area contributed by atoms with Gasteiger partial charge in [0.1, 0.15) is 0 Å². The number of unbranched alkanes of at least 4 members (excludes halogenated alkanes) is 4. The lowest BCUT2D eigenvalue weighted by Gasteiger charge is -2.26. The minimum atomic E-state index is -0.923. The van der Waals surface area contributed by atoms with E-state index in [2.05, 4.69) is 18.7 Å². The van der Waals surface area contributed by atoms with Crippen LogP contribution >= 0.6 is 0 Å². The van der Waals surface area contributed by atoms with E-state index in [1.54, 1.807) is 12.2 Å². The highest BCUT2D eigenvalue weighted by Gasteiger charge is 2.32. The van der Waals surface area contributed by atoms with E-state index in [0.717, 1.165) is 50.5 Å². The van der Waals surface area contributed by atoms with Gasteiger partial charge in [-0.25, -0.2) is 9.59 Å². The summed E-state index contributed by atoms with van der Waals surface area (Å²) < 4.78 is 0. The summed E-state index contributed by atoms with van der Waals surface area (Å²) in [5.74, 6) is 3.03. The number of carboxylic acid groups (broad SMARTS) is 1. The van der Waals surface area contributed by atoms with Gasteiger partial charge in [-0.05, 0) is 30.8 Å². The fraction of sp³-hybridized carbons (Fsp3) is 0.667. The molecule has 0 aromatic carbocycles. The van der Waals surface area contributed by atoms with Crippen molar-refractivity contribution in [2.75, 3.05) is 0 Å². The summed E-state index contributed by atoms with van der Waals surface area (Å²) in [6.07, 6.45) is 11.0. The van der Waals surface area contributed by atoms with Gasteiger partial charge in [0, 0.05) is 0 Å². The Hall–Kier alpha value is -1.62. The molecule has 3 N–H and O–H groups in total. The summed E-state index contributed by atoms with van der Waals surface area (Å²) in [5, 5.41) is 9.49. The van der Waals surface area contributed by atoms with Crippen molar-refractivity contribution in [3.8, 4) is 0 Å². The number of hydrogen-bond donors (Lipinski definition) is 2. The van der Waals surface area contributed by atoms with Crippen molar-refractivity contribution in [2.24, 2.45) is 17.7 Å². The lowest BCUT2D eigenvalue weighted by Crippen LogP contribution is -2.29. The smallest absolute Gasteiger partial charge is 0.335 e. The number of carboxylic acids is 1. The van der Waals surface area contributed by atoms with E-state index in [1.807, 2.05) is 0 Å². The number of nitrogens with two attached hydrogens (primary N) is 1. The number of aliphatic carboxylic acids is 1. The Morgan fingerprint density at radius 1 is 1.13 bits per heavy atom. The van der Waals surface area contributed by atoms with Crippen molar-refractivity contribution in [3.63, 3.8) is 0 Å². The van der Waals surface area contributed by atoms with Crippen LogP contribution in [0, 0.1) is 11.8 Å². The average Bonchev–Trinajstić information content (AvgIpc) is 2.54. The van der Waals surface area contributed by atoms with Gasteiger partial charge in [-0.15, -0.1) is 0 Å². The molecule has 0 amide bonds. The Labute approximate surface area is 138 Å². The summed E-state index contributed by atoms with van der Waals surface area (Å²) in [4.78, 5) is 28.0. The number of allylic oxidation sites excluding steroid dienone is 1. The molecular weight excluding hydrogens is 294 g/mol. The van der Waals surface area contributed by atoms with Gasteiger partial charge in [0.15, 0.2) is 0 Å². The summed E-state index contributed by atoms with van der Waals surface area (Å²) in [7, 11) is 0. The van der Waals surface area contributed by atoms with Gasteiger partial charge < -0.3 is 9.94 Å². The van der Waals surface area contributed by atoms with Gasteiger partial charge >= 0.3 is 11.9 Å². The highest BCUT2D eigenvalue weighted by molar-refractivity contribution is 5.93. The number of rotatable bonds is 10. The molecule has 0 aromatic heterocycles. The van der Waals surface area contributed by atoms with E-state index < -0.39 is 17.9 Å². The zero-order valence-corrected chi connectivity index (χ0v) is 14.2. The average molecular weight is 323 g/mol. The Bertz CT molecular complexity index is 468. The van der Waals surface area contributed by atoms with Crippen molar-refractivity contribution in [2.45, 2.75) is 65.2 Å². The van der Waals surface area contributed by atoms with Crippen molar-refractivity contribution in [1.82, 2.24) is 0 Å². The fourth-order valence-electron chi connectivity index (χ4n) is 3.06. The van der Waals surface area contributed by atoms with Crippen LogP contribution in [-0.2, 0) is 14.4 Å². The largest absolute Gasteiger partial charge is 0.478 e. The molecule has 2 unspecified atom stereocenters. The first kappa shape index (κ1) is 19.4. The zero-order chi connectivity index (χ0) is 17.2. The van der Waals surface area contributed by atoms with Crippen molar-refractivity contribution in [1.29, 1.82) is 0 Å². The molecule has 2 atom stereocenters. The minimum absolute atomic E-state index is 0.154. The van der Waals surface area contributed by atoms with Crippen LogP contribution in [0.2, 0.25) is 0 Å². The summed E-state index contributed by atoms with van der Waals surface area (Å²) in [6.45, 7) is 4.21. The molecule has 0 aromatic rings. The SMILES string of the molecule is CCCCCC1=CC(C(=O)ON)C(CCCCC)C=C1C(=O)O. The second-order valence-electron chi connectivity index (χ2n) is 6.16. The predicted octanol–water partition coefficient (Wildman–Crippen LogP) is 3.75.